The largest absolute Gasteiger partial charge is 0.0609 e. The molecule has 0 unspecified atom stereocenters. The fourth-order valence-corrected chi connectivity index (χ4v) is 1.71. The maximum Gasteiger partial charge on any atom is 0.0178 e. The van der Waals surface area contributed by atoms with Crippen LogP contribution in [0.15, 0.2) is 28.7 Å². The Hall–Kier alpha value is -0.300. The van der Waals surface area contributed by atoms with Gasteiger partial charge in [-0.25, -0.2) is 0 Å². The molecule has 0 aromatic heterocycles. The molecule has 0 fully saturated rings. The summed E-state index contributed by atoms with van der Waals surface area (Å²) in [7, 11) is 0. The monoisotopic (exact) mass is 254 g/mol. The average molecular weight is 255 g/mol. The predicted octanol–water partition coefficient (Wildman–Crippen LogP) is 4.77. The Morgan fingerprint density at radius 2 is 1.57 bits per heavy atom. The summed E-state index contributed by atoms with van der Waals surface area (Å²) in [5.41, 5.74) is 1.85. The zero-order valence-corrected chi connectivity index (χ0v) is 11.3. The van der Waals surface area contributed by atoms with Crippen molar-refractivity contribution in [3.05, 3.63) is 34.3 Å². The number of rotatable bonds is 1. The van der Waals surface area contributed by atoms with E-state index in [1.54, 1.807) is 0 Å². The molecule has 0 saturated heterocycles. The molecule has 1 aromatic rings. The summed E-state index contributed by atoms with van der Waals surface area (Å²) in [6.07, 6.45) is 0. The summed E-state index contributed by atoms with van der Waals surface area (Å²) < 4.78 is 1.16. The topological polar surface area (TPSA) is 0 Å². The van der Waals surface area contributed by atoms with E-state index in [1.807, 2.05) is 0 Å². The molecule has 0 spiro atoms. The number of hydrogen-bond donors (Lipinski definition) is 0. The standard InChI is InChI=1S/C13H19Br/c1-12(2,3)13(4,5)10-7-6-8-11(14)9-10/h6-9H,1-5H3. The molecule has 0 aliphatic heterocycles. The summed E-state index contributed by atoms with van der Waals surface area (Å²) in [5.74, 6) is 0. The predicted molar refractivity (Wildman–Crippen MR) is 66.6 cm³/mol. The first-order chi connectivity index (χ1) is 6.25. The molecule has 0 aliphatic carbocycles. The van der Waals surface area contributed by atoms with Gasteiger partial charge in [0, 0.05) is 4.47 Å². The van der Waals surface area contributed by atoms with Crippen LogP contribution in [-0.2, 0) is 5.41 Å². The van der Waals surface area contributed by atoms with Gasteiger partial charge in [-0.2, -0.15) is 0 Å². The maximum atomic E-state index is 3.52. The van der Waals surface area contributed by atoms with Gasteiger partial charge < -0.3 is 0 Å². The van der Waals surface area contributed by atoms with E-state index < -0.39 is 0 Å². The first kappa shape index (κ1) is 11.8. The Labute approximate surface area is 95.9 Å². The minimum atomic E-state index is 0.191. The zero-order valence-electron chi connectivity index (χ0n) is 9.69. The molecule has 0 atom stereocenters. The van der Waals surface area contributed by atoms with Gasteiger partial charge in [-0.15, -0.1) is 0 Å². The molecule has 0 saturated carbocycles. The van der Waals surface area contributed by atoms with Crippen LogP contribution in [0, 0.1) is 5.41 Å². The molecule has 0 bridgehead atoms. The lowest BCUT2D eigenvalue weighted by Gasteiger charge is -2.39. The van der Waals surface area contributed by atoms with Crippen molar-refractivity contribution in [2.45, 2.75) is 40.0 Å². The highest BCUT2D eigenvalue weighted by Crippen LogP contribution is 2.41. The minimum absolute atomic E-state index is 0.191. The number of hydrogen-bond acceptors (Lipinski definition) is 0. The van der Waals surface area contributed by atoms with Crippen LogP contribution < -0.4 is 0 Å². The molecule has 0 radical (unpaired) electrons. The van der Waals surface area contributed by atoms with Crippen molar-refractivity contribution < 1.29 is 0 Å². The van der Waals surface area contributed by atoms with Gasteiger partial charge in [0.1, 0.15) is 0 Å². The molecule has 1 aromatic carbocycles. The van der Waals surface area contributed by atoms with Crippen LogP contribution in [0.1, 0.15) is 40.2 Å². The van der Waals surface area contributed by atoms with Crippen LogP contribution in [0.4, 0.5) is 0 Å². The van der Waals surface area contributed by atoms with Crippen LogP contribution in [0.2, 0.25) is 0 Å². The van der Waals surface area contributed by atoms with Gasteiger partial charge in [-0.1, -0.05) is 62.7 Å². The number of halogens is 1. The van der Waals surface area contributed by atoms with Gasteiger partial charge in [-0.3, -0.25) is 0 Å². The fraction of sp³-hybridized carbons (Fsp3) is 0.538. The van der Waals surface area contributed by atoms with E-state index in [0.29, 0.717) is 0 Å². The highest BCUT2D eigenvalue weighted by Gasteiger charge is 2.34. The van der Waals surface area contributed by atoms with Crippen LogP contribution in [0.3, 0.4) is 0 Å². The van der Waals surface area contributed by atoms with E-state index in [-0.39, 0.29) is 10.8 Å². The van der Waals surface area contributed by atoms with Crippen molar-refractivity contribution in [3.63, 3.8) is 0 Å². The zero-order chi connectivity index (χ0) is 11.0. The molecule has 0 aliphatic rings. The van der Waals surface area contributed by atoms with Gasteiger partial charge in [0.25, 0.3) is 0 Å². The summed E-state index contributed by atoms with van der Waals surface area (Å²) in [6.45, 7) is 11.5. The first-order valence-electron chi connectivity index (χ1n) is 5.01. The first-order valence-corrected chi connectivity index (χ1v) is 5.80. The summed E-state index contributed by atoms with van der Waals surface area (Å²) in [4.78, 5) is 0. The summed E-state index contributed by atoms with van der Waals surface area (Å²) in [5, 5.41) is 0. The van der Waals surface area contributed by atoms with E-state index in [0.717, 1.165) is 4.47 Å². The molecule has 0 nitrogen and oxygen atoms in total. The summed E-state index contributed by atoms with van der Waals surface area (Å²) in [6, 6.07) is 8.59. The number of benzene rings is 1. The second-order valence-corrected chi connectivity index (χ2v) is 6.30. The van der Waals surface area contributed by atoms with Crippen molar-refractivity contribution >= 4 is 15.9 Å². The Kier molecular flexibility index (Phi) is 3.10. The Morgan fingerprint density at radius 1 is 1.00 bits per heavy atom. The molecule has 78 valence electrons. The van der Waals surface area contributed by atoms with Crippen molar-refractivity contribution in [2.24, 2.45) is 5.41 Å². The Morgan fingerprint density at radius 3 is 2.00 bits per heavy atom. The quantitative estimate of drug-likeness (QED) is 0.677. The van der Waals surface area contributed by atoms with Crippen LogP contribution in [0.25, 0.3) is 0 Å². The Bertz CT molecular complexity index is 318. The average Bonchev–Trinajstić information content (AvgIpc) is 2.02. The van der Waals surface area contributed by atoms with Crippen molar-refractivity contribution in [1.29, 1.82) is 0 Å². The third kappa shape index (κ3) is 2.20. The normalized spacial score (nSPS) is 13.0. The van der Waals surface area contributed by atoms with E-state index >= 15 is 0 Å². The molecule has 1 rings (SSSR count). The van der Waals surface area contributed by atoms with Gasteiger partial charge in [0.15, 0.2) is 0 Å². The van der Waals surface area contributed by atoms with Crippen molar-refractivity contribution in [1.82, 2.24) is 0 Å². The second-order valence-electron chi connectivity index (χ2n) is 5.39. The summed E-state index contributed by atoms with van der Waals surface area (Å²) >= 11 is 3.52. The maximum absolute atomic E-state index is 3.52. The Balaban J connectivity index is 3.16. The van der Waals surface area contributed by atoms with Crippen molar-refractivity contribution in [2.75, 3.05) is 0 Å². The smallest absolute Gasteiger partial charge is 0.0178 e. The lowest BCUT2D eigenvalue weighted by atomic mass is 9.65. The highest BCUT2D eigenvalue weighted by molar-refractivity contribution is 9.10. The lowest BCUT2D eigenvalue weighted by molar-refractivity contribution is 0.225. The van der Waals surface area contributed by atoms with E-state index in [9.17, 15) is 0 Å². The second kappa shape index (κ2) is 3.69. The van der Waals surface area contributed by atoms with E-state index in [4.69, 9.17) is 0 Å². The fourth-order valence-electron chi connectivity index (χ4n) is 1.31. The van der Waals surface area contributed by atoms with E-state index in [2.05, 4.69) is 74.8 Å². The van der Waals surface area contributed by atoms with Gasteiger partial charge >= 0.3 is 0 Å². The minimum Gasteiger partial charge on any atom is -0.0609 e. The molecular formula is C13H19Br. The third-order valence-corrected chi connectivity index (χ3v) is 3.91. The van der Waals surface area contributed by atoms with Crippen molar-refractivity contribution in [3.8, 4) is 0 Å². The highest BCUT2D eigenvalue weighted by atomic mass is 79.9. The van der Waals surface area contributed by atoms with Gasteiger partial charge in [0.05, 0.1) is 0 Å². The van der Waals surface area contributed by atoms with Crippen LogP contribution >= 0.6 is 15.9 Å². The van der Waals surface area contributed by atoms with Gasteiger partial charge in [-0.05, 0) is 28.5 Å². The van der Waals surface area contributed by atoms with Gasteiger partial charge in [0.2, 0.25) is 0 Å². The molecule has 0 heterocycles. The SMILES string of the molecule is CC(C)(C)C(C)(C)c1cccc(Br)c1. The van der Waals surface area contributed by atoms with Crippen LogP contribution in [-0.4, -0.2) is 0 Å². The molecule has 14 heavy (non-hydrogen) atoms. The lowest BCUT2D eigenvalue weighted by Crippen LogP contribution is -2.33. The van der Waals surface area contributed by atoms with Crippen LogP contribution in [0.5, 0.6) is 0 Å². The molecule has 0 amide bonds. The molecule has 1 heteroatoms. The molecule has 0 N–H and O–H groups in total. The van der Waals surface area contributed by atoms with E-state index in [1.165, 1.54) is 5.56 Å². The third-order valence-electron chi connectivity index (χ3n) is 3.42. The molecular weight excluding hydrogens is 236 g/mol.